The van der Waals surface area contributed by atoms with Crippen LogP contribution < -0.4 is 5.32 Å². The molecule has 0 aliphatic carbocycles. The molecule has 1 heterocycles. The van der Waals surface area contributed by atoms with Gasteiger partial charge in [0.25, 0.3) is 0 Å². The number of thioether (sulfide) groups is 1. The van der Waals surface area contributed by atoms with E-state index in [1.807, 2.05) is 30.0 Å². The van der Waals surface area contributed by atoms with E-state index in [4.69, 9.17) is 23.2 Å². The summed E-state index contributed by atoms with van der Waals surface area (Å²) in [7, 11) is 0. The van der Waals surface area contributed by atoms with Crippen LogP contribution in [0.25, 0.3) is 0 Å². The molecule has 1 aliphatic heterocycles. The van der Waals surface area contributed by atoms with Crippen LogP contribution in [0.15, 0.2) is 18.2 Å². The molecule has 1 N–H and O–H groups in total. The van der Waals surface area contributed by atoms with Crippen LogP contribution in [0.3, 0.4) is 0 Å². The summed E-state index contributed by atoms with van der Waals surface area (Å²) in [4.78, 5) is 0. The van der Waals surface area contributed by atoms with Crippen molar-refractivity contribution in [2.24, 2.45) is 5.92 Å². The molecule has 2 atom stereocenters. The first-order chi connectivity index (χ1) is 8.20. The average Bonchev–Trinajstić information content (AvgIpc) is 2.72. The third-order valence-corrected chi connectivity index (χ3v) is 5.02. The molecule has 0 saturated carbocycles. The highest BCUT2D eigenvalue weighted by atomic mass is 35.5. The molecule has 17 heavy (non-hydrogen) atoms. The normalized spacial score (nSPS) is 24.2. The first-order valence-corrected chi connectivity index (χ1v) is 7.86. The smallest absolute Gasteiger partial charge is 0.0439 e. The van der Waals surface area contributed by atoms with Gasteiger partial charge in [-0.1, -0.05) is 30.1 Å². The van der Waals surface area contributed by atoms with E-state index in [1.165, 1.54) is 17.1 Å². The third kappa shape index (κ3) is 3.54. The first-order valence-electron chi connectivity index (χ1n) is 5.95. The quantitative estimate of drug-likeness (QED) is 0.903. The SMILES string of the molecule is CCNC1CSCC1Cc1cc(Cl)ccc1Cl. The molecule has 1 nitrogen and oxygen atoms in total. The second kappa shape index (κ2) is 6.33. The predicted octanol–water partition coefficient (Wildman–Crippen LogP) is 3.88. The summed E-state index contributed by atoms with van der Waals surface area (Å²) in [5.74, 6) is 3.08. The molecular formula is C13H17Cl2NS. The van der Waals surface area contributed by atoms with Crippen molar-refractivity contribution in [2.75, 3.05) is 18.1 Å². The summed E-state index contributed by atoms with van der Waals surface area (Å²) in [5, 5.41) is 5.16. The Balaban J connectivity index is 2.06. The molecule has 0 radical (unpaired) electrons. The molecule has 2 unspecified atom stereocenters. The van der Waals surface area contributed by atoms with Crippen molar-refractivity contribution in [3.63, 3.8) is 0 Å². The van der Waals surface area contributed by atoms with E-state index in [2.05, 4.69) is 12.2 Å². The van der Waals surface area contributed by atoms with Gasteiger partial charge in [0.05, 0.1) is 0 Å². The summed E-state index contributed by atoms with van der Waals surface area (Å²) in [6, 6.07) is 6.35. The summed E-state index contributed by atoms with van der Waals surface area (Å²) in [6.07, 6.45) is 1.02. The Morgan fingerprint density at radius 1 is 1.35 bits per heavy atom. The zero-order valence-corrected chi connectivity index (χ0v) is 12.2. The van der Waals surface area contributed by atoms with E-state index in [9.17, 15) is 0 Å². The van der Waals surface area contributed by atoms with Crippen molar-refractivity contribution in [2.45, 2.75) is 19.4 Å². The monoisotopic (exact) mass is 289 g/mol. The van der Waals surface area contributed by atoms with Crippen LogP contribution in [0.5, 0.6) is 0 Å². The fraction of sp³-hybridized carbons (Fsp3) is 0.538. The molecule has 0 bridgehead atoms. The van der Waals surface area contributed by atoms with E-state index in [0.717, 1.165) is 23.0 Å². The highest BCUT2D eigenvalue weighted by molar-refractivity contribution is 7.99. The minimum absolute atomic E-state index is 0.611. The average molecular weight is 290 g/mol. The van der Waals surface area contributed by atoms with E-state index in [1.54, 1.807) is 0 Å². The van der Waals surface area contributed by atoms with Crippen LogP contribution in [0.4, 0.5) is 0 Å². The van der Waals surface area contributed by atoms with Crippen molar-refractivity contribution < 1.29 is 0 Å². The molecule has 4 heteroatoms. The fourth-order valence-electron chi connectivity index (χ4n) is 2.27. The van der Waals surface area contributed by atoms with E-state index in [0.29, 0.717) is 12.0 Å². The number of hydrogen-bond donors (Lipinski definition) is 1. The molecule has 0 spiro atoms. The number of benzene rings is 1. The van der Waals surface area contributed by atoms with E-state index >= 15 is 0 Å². The van der Waals surface area contributed by atoms with Crippen LogP contribution in [0.1, 0.15) is 12.5 Å². The Bertz CT molecular complexity index is 384. The van der Waals surface area contributed by atoms with Crippen molar-refractivity contribution in [3.05, 3.63) is 33.8 Å². The van der Waals surface area contributed by atoms with Gasteiger partial charge in [-0.05, 0) is 48.4 Å². The molecular weight excluding hydrogens is 273 g/mol. The van der Waals surface area contributed by atoms with Crippen molar-refractivity contribution in [1.82, 2.24) is 5.32 Å². The second-order valence-electron chi connectivity index (χ2n) is 4.40. The second-order valence-corrected chi connectivity index (χ2v) is 6.32. The lowest BCUT2D eigenvalue weighted by Gasteiger charge is -2.20. The van der Waals surface area contributed by atoms with Gasteiger partial charge in [0.2, 0.25) is 0 Å². The Morgan fingerprint density at radius 2 is 2.18 bits per heavy atom. The maximum Gasteiger partial charge on any atom is 0.0439 e. The fourth-order valence-corrected chi connectivity index (χ4v) is 4.09. The number of halogens is 2. The topological polar surface area (TPSA) is 12.0 Å². The van der Waals surface area contributed by atoms with Gasteiger partial charge in [0.1, 0.15) is 0 Å². The molecule has 1 fully saturated rings. The van der Waals surface area contributed by atoms with E-state index in [-0.39, 0.29) is 0 Å². The summed E-state index contributed by atoms with van der Waals surface area (Å²) in [6.45, 7) is 3.19. The van der Waals surface area contributed by atoms with Gasteiger partial charge in [0, 0.05) is 21.8 Å². The highest BCUT2D eigenvalue weighted by Gasteiger charge is 2.27. The van der Waals surface area contributed by atoms with Gasteiger partial charge in [0.15, 0.2) is 0 Å². The van der Waals surface area contributed by atoms with Crippen molar-refractivity contribution in [3.8, 4) is 0 Å². The van der Waals surface area contributed by atoms with Crippen molar-refractivity contribution >= 4 is 35.0 Å². The highest BCUT2D eigenvalue weighted by Crippen LogP contribution is 2.30. The molecule has 0 aromatic heterocycles. The zero-order chi connectivity index (χ0) is 12.3. The van der Waals surface area contributed by atoms with Gasteiger partial charge >= 0.3 is 0 Å². The largest absolute Gasteiger partial charge is 0.313 e. The van der Waals surface area contributed by atoms with Gasteiger partial charge < -0.3 is 5.32 Å². The van der Waals surface area contributed by atoms with Crippen molar-refractivity contribution in [1.29, 1.82) is 0 Å². The summed E-state index contributed by atoms with van der Waals surface area (Å²) >= 11 is 14.3. The molecule has 0 amide bonds. The number of hydrogen-bond acceptors (Lipinski definition) is 2. The van der Waals surface area contributed by atoms with Gasteiger partial charge in [-0.2, -0.15) is 11.8 Å². The summed E-state index contributed by atoms with van der Waals surface area (Å²) < 4.78 is 0. The minimum atomic E-state index is 0.611. The number of nitrogens with one attached hydrogen (secondary N) is 1. The van der Waals surface area contributed by atoms with Gasteiger partial charge in [-0.15, -0.1) is 0 Å². The molecule has 1 aromatic rings. The number of rotatable bonds is 4. The standard InChI is InChI=1S/C13H17Cl2NS/c1-2-16-13-8-17-7-10(13)5-9-6-11(14)3-4-12(9)15/h3-4,6,10,13,16H,2,5,7-8H2,1H3. The van der Waals surface area contributed by atoms with Crippen LogP contribution >= 0.6 is 35.0 Å². The third-order valence-electron chi connectivity index (χ3n) is 3.15. The van der Waals surface area contributed by atoms with Crippen LogP contribution in [-0.2, 0) is 6.42 Å². The van der Waals surface area contributed by atoms with Gasteiger partial charge in [-0.3, -0.25) is 0 Å². The minimum Gasteiger partial charge on any atom is -0.313 e. The van der Waals surface area contributed by atoms with Gasteiger partial charge in [-0.25, -0.2) is 0 Å². The van der Waals surface area contributed by atoms with Crippen LogP contribution in [0.2, 0.25) is 10.0 Å². The molecule has 2 rings (SSSR count). The molecule has 1 aromatic carbocycles. The molecule has 1 aliphatic rings. The first kappa shape index (κ1) is 13.5. The van der Waals surface area contributed by atoms with E-state index < -0.39 is 0 Å². The maximum absolute atomic E-state index is 6.21. The Labute approximate surface area is 117 Å². The Morgan fingerprint density at radius 3 is 2.94 bits per heavy atom. The lowest BCUT2D eigenvalue weighted by atomic mass is 9.95. The Kier molecular flexibility index (Phi) is 5.04. The summed E-state index contributed by atoms with van der Waals surface area (Å²) in [5.41, 5.74) is 1.18. The lowest BCUT2D eigenvalue weighted by molar-refractivity contribution is 0.434. The maximum atomic E-state index is 6.21. The Hall–Kier alpha value is 0.110. The van der Waals surface area contributed by atoms with Crippen LogP contribution in [0, 0.1) is 5.92 Å². The lowest BCUT2D eigenvalue weighted by Crippen LogP contribution is -2.36. The molecule has 94 valence electrons. The van der Waals surface area contributed by atoms with Crippen LogP contribution in [-0.4, -0.2) is 24.1 Å². The molecule has 1 saturated heterocycles. The zero-order valence-electron chi connectivity index (χ0n) is 9.88. The predicted molar refractivity (Wildman–Crippen MR) is 78.4 cm³/mol.